The van der Waals surface area contributed by atoms with Crippen molar-refractivity contribution in [3.05, 3.63) is 59.2 Å². The van der Waals surface area contributed by atoms with E-state index in [4.69, 9.17) is 0 Å². The molecule has 0 aliphatic rings. The minimum atomic E-state index is 0.690. The summed E-state index contributed by atoms with van der Waals surface area (Å²) >= 11 is 2.47. The normalized spacial score (nSPS) is 12.4. The fourth-order valence-electron chi connectivity index (χ4n) is 2.08. The third-order valence-electron chi connectivity index (χ3n) is 3.31. The first kappa shape index (κ1) is 13.6. The highest BCUT2D eigenvalue weighted by molar-refractivity contribution is 14.1. The van der Waals surface area contributed by atoms with E-state index in [-0.39, 0.29) is 0 Å². The van der Waals surface area contributed by atoms with Crippen LogP contribution in [0.2, 0.25) is 0 Å². The van der Waals surface area contributed by atoms with Crippen LogP contribution in [0.15, 0.2) is 42.5 Å². The summed E-state index contributed by atoms with van der Waals surface area (Å²) in [5.41, 5.74) is 6.76. The molecule has 0 aromatic heterocycles. The first-order chi connectivity index (χ1) is 8.56. The molecule has 0 bridgehead atoms. The Labute approximate surface area is 124 Å². The van der Waals surface area contributed by atoms with Crippen molar-refractivity contribution in [3.8, 4) is 11.1 Å². The van der Waals surface area contributed by atoms with Crippen molar-refractivity contribution < 1.29 is 0 Å². The van der Waals surface area contributed by atoms with Crippen molar-refractivity contribution in [3.63, 3.8) is 0 Å². The topological polar surface area (TPSA) is 0 Å². The minimum Gasteiger partial charge on any atom is -0.0826 e. The molecule has 2 rings (SSSR count). The van der Waals surface area contributed by atoms with Gasteiger partial charge >= 0.3 is 0 Å². The van der Waals surface area contributed by atoms with Crippen molar-refractivity contribution in [2.75, 3.05) is 0 Å². The van der Waals surface area contributed by atoms with Crippen molar-refractivity contribution >= 4 is 22.6 Å². The van der Waals surface area contributed by atoms with E-state index in [0.717, 1.165) is 6.42 Å². The summed E-state index contributed by atoms with van der Waals surface area (Å²) in [6.45, 7) is 6.58. The summed E-state index contributed by atoms with van der Waals surface area (Å²) in [5, 5.41) is 0. The molecule has 0 heterocycles. The molecular formula is C17H19I. The van der Waals surface area contributed by atoms with Crippen LogP contribution in [0.3, 0.4) is 0 Å². The van der Waals surface area contributed by atoms with Gasteiger partial charge in [0.1, 0.15) is 0 Å². The van der Waals surface area contributed by atoms with Crippen LogP contribution in [0.25, 0.3) is 11.1 Å². The molecule has 2 aromatic carbocycles. The molecule has 2 aromatic rings. The molecule has 1 heteroatoms. The zero-order valence-electron chi connectivity index (χ0n) is 11.2. The first-order valence-electron chi connectivity index (χ1n) is 6.37. The Morgan fingerprint density at radius 3 is 2.06 bits per heavy atom. The molecule has 0 spiro atoms. The second-order valence-electron chi connectivity index (χ2n) is 4.98. The molecule has 1 unspecified atom stereocenters. The van der Waals surface area contributed by atoms with Crippen LogP contribution in [-0.4, -0.2) is 3.92 Å². The molecule has 0 fully saturated rings. The largest absolute Gasteiger partial charge is 0.0826 e. The Kier molecular flexibility index (Phi) is 4.44. The van der Waals surface area contributed by atoms with E-state index in [1.54, 1.807) is 0 Å². The summed E-state index contributed by atoms with van der Waals surface area (Å²) in [4.78, 5) is 0. The van der Waals surface area contributed by atoms with Crippen LogP contribution >= 0.6 is 22.6 Å². The molecule has 1 atom stereocenters. The minimum absolute atomic E-state index is 0.690. The van der Waals surface area contributed by atoms with Gasteiger partial charge in [0, 0.05) is 3.92 Å². The lowest BCUT2D eigenvalue weighted by molar-refractivity contribution is 0.977. The van der Waals surface area contributed by atoms with Gasteiger partial charge in [-0.3, -0.25) is 0 Å². The lowest BCUT2D eigenvalue weighted by atomic mass is 9.99. The van der Waals surface area contributed by atoms with E-state index >= 15 is 0 Å². The number of rotatable bonds is 3. The van der Waals surface area contributed by atoms with Gasteiger partial charge in [-0.25, -0.2) is 0 Å². The van der Waals surface area contributed by atoms with Crippen LogP contribution in [-0.2, 0) is 6.42 Å². The Morgan fingerprint density at radius 2 is 1.50 bits per heavy atom. The van der Waals surface area contributed by atoms with Gasteiger partial charge < -0.3 is 0 Å². The molecule has 0 saturated carbocycles. The number of benzene rings is 2. The molecule has 18 heavy (non-hydrogen) atoms. The van der Waals surface area contributed by atoms with Crippen LogP contribution in [0, 0.1) is 13.8 Å². The number of hydrogen-bond acceptors (Lipinski definition) is 0. The van der Waals surface area contributed by atoms with Crippen molar-refractivity contribution in [1.82, 2.24) is 0 Å². The Hall–Kier alpha value is -0.830. The lowest BCUT2D eigenvalue weighted by Crippen LogP contribution is -1.95. The Balaban J connectivity index is 2.25. The predicted octanol–water partition coefficient (Wildman–Crippen LogP) is 5.34. The summed E-state index contributed by atoms with van der Waals surface area (Å²) < 4.78 is 0.690. The molecule has 0 radical (unpaired) electrons. The van der Waals surface area contributed by atoms with Gasteiger partial charge in [0.15, 0.2) is 0 Å². The molecule has 0 aliphatic carbocycles. The SMILES string of the molecule is Cc1ccc(-c2ccc(CC(C)I)cc2)cc1C. The van der Waals surface area contributed by atoms with Crippen LogP contribution in [0.5, 0.6) is 0 Å². The van der Waals surface area contributed by atoms with Crippen LogP contribution in [0.4, 0.5) is 0 Å². The maximum Gasteiger partial charge on any atom is 0.0122 e. The van der Waals surface area contributed by atoms with Gasteiger partial charge in [-0.15, -0.1) is 0 Å². The monoisotopic (exact) mass is 350 g/mol. The average molecular weight is 350 g/mol. The second-order valence-corrected chi connectivity index (χ2v) is 7.11. The number of hydrogen-bond donors (Lipinski definition) is 0. The van der Waals surface area contributed by atoms with Gasteiger partial charge in [-0.2, -0.15) is 0 Å². The molecular weight excluding hydrogens is 331 g/mol. The quantitative estimate of drug-likeness (QED) is 0.518. The zero-order chi connectivity index (χ0) is 13.1. The second kappa shape index (κ2) is 5.87. The smallest absolute Gasteiger partial charge is 0.0122 e. The van der Waals surface area contributed by atoms with Gasteiger partial charge in [-0.05, 0) is 48.1 Å². The van der Waals surface area contributed by atoms with Gasteiger partial charge in [0.25, 0.3) is 0 Å². The van der Waals surface area contributed by atoms with E-state index in [0.29, 0.717) is 3.92 Å². The third-order valence-corrected chi connectivity index (χ3v) is 3.75. The summed E-state index contributed by atoms with van der Waals surface area (Å²) in [7, 11) is 0. The Morgan fingerprint density at radius 1 is 0.889 bits per heavy atom. The third kappa shape index (κ3) is 3.35. The van der Waals surface area contributed by atoms with E-state index in [1.807, 2.05) is 0 Å². The highest BCUT2D eigenvalue weighted by Crippen LogP contribution is 2.23. The fraction of sp³-hybridized carbons (Fsp3) is 0.294. The van der Waals surface area contributed by atoms with Crippen molar-refractivity contribution in [2.45, 2.75) is 31.1 Å². The molecule has 0 saturated heterocycles. The predicted molar refractivity (Wildman–Crippen MR) is 88.5 cm³/mol. The standard InChI is InChI=1S/C17H19I/c1-12-4-7-17(10-13(12)2)16-8-5-15(6-9-16)11-14(3)18/h4-10,14H,11H2,1-3H3. The van der Waals surface area contributed by atoms with Crippen molar-refractivity contribution in [2.24, 2.45) is 0 Å². The fourth-order valence-corrected chi connectivity index (χ4v) is 2.59. The molecule has 0 nitrogen and oxygen atoms in total. The summed E-state index contributed by atoms with van der Waals surface area (Å²) in [5.74, 6) is 0. The van der Waals surface area contributed by atoms with Crippen molar-refractivity contribution in [1.29, 1.82) is 0 Å². The number of alkyl halides is 1. The van der Waals surface area contributed by atoms with E-state index in [9.17, 15) is 0 Å². The molecule has 94 valence electrons. The van der Waals surface area contributed by atoms with Gasteiger partial charge in [0.2, 0.25) is 0 Å². The molecule has 0 N–H and O–H groups in total. The highest BCUT2D eigenvalue weighted by atomic mass is 127. The molecule has 0 amide bonds. The zero-order valence-corrected chi connectivity index (χ0v) is 13.4. The van der Waals surface area contributed by atoms with Gasteiger partial charge in [-0.1, -0.05) is 72.0 Å². The van der Waals surface area contributed by atoms with E-state index < -0.39 is 0 Å². The average Bonchev–Trinajstić information content (AvgIpc) is 2.33. The summed E-state index contributed by atoms with van der Waals surface area (Å²) in [6.07, 6.45) is 1.15. The maximum absolute atomic E-state index is 2.47. The molecule has 0 aliphatic heterocycles. The van der Waals surface area contributed by atoms with Crippen LogP contribution in [0.1, 0.15) is 23.6 Å². The number of aryl methyl sites for hydroxylation is 2. The van der Waals surface area contributed by atoms with Crippen LogP contribution < -0.4 is 0 Å². The van der Waals surface area contributed by atoms with Gasteiger partial charge in [0.05, 0.1) is 0 Å². The first-order valence-corrected chi connectivity index (χ1v) is 7.61. The van der Waals surface area contributed by atoms with E-state index in [1.165, 1.54) is 27.8 Å². The number of halogens is 1. The highest BCUT2D eigenvalue weighted by Gasteiger charge is 2.02. The van der Waals surface area contributed by atoms with E-state index in [2.05, 4.69) is 85.8 Å². The summed E-state index contributed by atoms with van der Waals surface area (Å²) in [6, 6.07) is 15.6. The Bertz CT molecular complexity index is 524. The maximum atomic E-state index is 2.47. The lowest BCUT2D eigenvalue weighted by Gasteiger charge is -2.08.